The fraction of sp³-hybridized carbons (Fsp3) is 0.125. The standard InChI is InChI=1S/C8H9N5OS/c9-12-7-11-4-6(15-7)5-13-3-1-2-10-8(13)14/h1-4H,5,9H2,(H,11,12). The molecule has 15 heavy (non-hydrogen) atoms. The van der Waals surface area contributed by atoms with Crippen LogP contribution in [0.5, 0.6) is 0 Å². The molecule has 2 aromatic heterocycles. The number of thiazole rings is 1. The van der Waals surface area contributed by atoms with Crippen molar-refractivity contribution in [2.24, 2.45) is 5.84 Å². The van der Waals surface area contributed by atoms with Gasteiger partial charge < -0.3 is 0 Å². The van der Waals surface area contributed by atoms with Crippen molar-refractivity contribution >= 4 is 16.5 Å². The molecule has 3 N–H and O–H groups in total. The summed E-state index contributed by atoms with van der Waals surface area (Å²) < 4.78 is 1.51. The van der Waals surface area contributed by atoms with Gasteiger partial charge in [0, 0.05) is 23.5 Å². The van der Waals surface area contributed by atoms with E-state index in [1.54, 1.807) is 18.5 Å². The Morgan fingerprint density at radius 3 is 3.07 bits per heavy atom. The smallest absolute Gasteiger partial charge is 0.300 e. The van der Waals surface area contributed by atoms with Gasteiger partial charge in [-0.25, -0.2) is 20.6 Å². The average Bonchev–Trinajstić information content (AvgIpc) is 2.69. The van der Waals surface area contributed by atoms with E-state index in [2.05, 4.69) is 15.4 Å². The highest BCUT2D eigenvalue weighted by Gasteiger charge is 2.02. The van der Waals surface area contributed by atoms with E-state index >= 15 is 0 Å². The molecule has 0 aliphatic carbocycles. The molecule has 0 aliphatic heterocycles. The van der Waals surface area contributed by atoms with Crippen LogP contribution in [0.4, 0.5) is 5.13 Å². The molecule has 0 atom stereocenters. The summed E-state index contributed by atoms with van der Waals surface area (Å²) in [4.78, 5) is 19.9. The van der Waals surface area contributed by atoms with Gasteiger partial charge in [0.1, 0.15) is 0 Å². The van der Waals surface area contributed by atoms with Gasteiger partial charge in [0.2, 0.25) is 0 Å². The minimum atomic E-state index is -0.270. The van der Waals surface area contributed by atoms with Crippen LogP contribution in [0.1, 0.15) is 4.88 Å². The number of nitrogen functional groups attached to an aromatic ring is 1. The van der Waals surface area contributed by atoms with E-state index in [-0.39, 0.29) is 5.69 Å². The van der Waals surface area contributed by atoms with E-state index in [1.165, 1.54) is 22.1 Å². The third-order valence-corrected chi connectivity index (χ3v) is 2.70. The van der Waals surface area contributed by atoms with E-state index < -0.39 is 0 Å². The number of hydrogen-bond donors (Lipinski definition) is 2. The molecule has 0 radical (unpaired) electrons. The van der Waals surface area contributed by atoms with Crippen molar-refractivity contribution in [1.82, 2.24) is 14.5 Å². The quantitative estimate of drug-likeness (QED) is 0.566. The number of hydrogen-bond acceptors (Lipinski definition) is 6. The summed E-state index contributed by atoms with van der Waals surface area (Å²) >= 11 is 1.40. The fourth-order valence-electron chi connectivity index (χ4n) is 1.12. The summed E-state index contributed by atoms with van der Waals surface area (Å²) in [7, 11) is 0. The van der Waals surface area contributed by atoms with E-state index in [4.69, 9.17) is 5.84 Å². The van der Waals surface area contributed by atoms with Crippen molar-refractivity contribution in [3.05, 3.63) is 40.0 Å². The van der Waals surface area contributed by atoms with Gasteiger partial charge in [0.25, 0.3) is 0 Å². The summed E-state index contributed by atoms with van der Waals surface area (Å²) in [6, 6.07) is 1.71. The van der Waals surface area contributed by atoms with Gasteiger partial charge in [0.15, 0.2) is 5.13 Å². The van der Waals surface area contributed by atoms with Gasteiger partial charge in [-0.2, -0.15) is 0 Å². The van der Waals surface area contributed by atoms with Gasteiger partial charge in [-0.1, -0.05) is 11.3 Å². The lowest BCUT2D eigenvalue weighted by molar-refractivity contribution is 0.734. The van der Waals surface area contributed by atoms with Crippen LogP contribution in [0.25, 0.3) is 0 Å². The Morgan fingerprint density at radius 1 is 1.53 bits per heavy atom. The van der Waals surface area contributed by atoms with Crippen LogP contribution in [0.3, 0.4) is 0 Å². The summed E-state index contributed by atoms with van der Waals surface area (Å²) in [5.41, 5.74) is 2.18. The monoisotopic (exact) mass is 223 g/mol. The van der Waals surface area contributed by atoms with E-state index in [0.717, 1.165) is 4.88 Å². The molecule has 0 aromatic carbocycles. The third-order valence-electron chi connectivity index (χ3n) is 1.79. The van der Waals surface area contributed by atoms with Gasteiger partial charge in [-0.15, -0.1) is 0 Å². The molecule has 7 heteroatoms. The molecule has 0 aliphatic rings. The normalized spacial score (nSPS) is 10.2. The first-order chi connectivity index (χ1) is 7.29. The molecule has 0 bridgehead atoms. The molecule has 6 nitrogen and oxygen atoms in total. The zero-order valence-corrected chi connectivity index (χ0v) is 8.57. The van der Waals surface area contributed by atoms with Crippen molar-refractivity contribution in [3.63, 3.8) is 0 Å². The molecule has 78 valence electrons. The highest BCUT2D eigenvalue weighted by Crippen LogP contribution is 2.16. The van der Waals surface area contributed by atoms with E-state index in [0.29, 0.717) is 11.7 Å². The molecule has 0 saturated carbocycles. The van der Waals surface area contributed by atoms with Gasteiger partial charge in [0.05, 0.1) is 6.54 Å². The predicted molar refractivity (Wildman–Crippen MR) is 57.5 cm³/mol. The lowest BCUT2D eigenvalue weighted by Crippen LogP contribution is -2.21. The minimum absolute atomic E-state index is 0.270. The third kappa shape index (κ3) is 2.20. The minimum Gasteiger partial charge on any atom is -0.300 e. The van der Waals surface area contributed by atoms with Crippen LogP contribution in [-0.2, 0) is 6.54 Å². The van der Waals surface area contributed by atoms with Gasteiger partial charge in [-0.3, -0.25) is 9.99 Å². The maximum absolute atomic E-state index is 11.3. The largest absolute Gasteiger partial charge is 0.347 e. The molecule has 0 spiro atoms. The SMILES string of the molecule is NNc1ncc(Cn2cccnc2=O)s1. The first-order valence-corrected chi connectivity index (χ1v) is 5.04. The van der Waals surface area contributed by atoms with E-state index in [1.807, 2.05) is 0 Å². The summed E-state index contributed by atoms with van der Waals surface area (Å²) in [5.74, 6) is 5.20. The van der Waals surface area contributed by atoms with Crippen molar-refractivity contribution in [2.45, 2.75) is 6.54 Å². The van der Waals surface area contributed by atoms with Crippen LogP contribution in [0.15, 0.2) is 29.5 Å². The van der Waals surface area contributed by atoms with E-state index in [9.17, 15) is 4.79 Å². The first-order valence-electron chi connectivity index (χ1n) is 4.22. The second-order valence-corrected chi connectivity index (χ2v) is 3.92. The maximum Gasteiger partial charge on any atom is 0.347 e. The lowest BCUT2D eigenvalue weighted by atomic mass is 10.5. The number of nitrogens with one attached hydrogen (secondary N) is 1. The Labute approximate surface area is 89.4 Å². The molecule has 2 rings (SSSR count). The van der Waals surface area contributed by atoms with Crippen LogP contribution in [-0.4, -0.2) is 14.5 Å². The van der Waals surface area contributed by atoms with Crippen LogP contribution in [0, 0.1) is 0 Å². The molecule has 2 aromatic rings. The van der Waals surface area contributed by atoms with Crippen LogP contribution >= 0.6 is 11.3 Å². The topological polar surface area (TPSA) is 85.8 Å². The molecule has 0 saturated heterocycles. The second kappa shape index (κ2) is 4.20. The molecular weight excluding hydrogens is 214 g/mol. The van der Waals surface area contributed by atoms with Crippen LogP contribution in [0.2, 0.25) is 0 Å². The van der Waals surface area contributed by atoms with Crippen molar-refractivity contribution in [1.29, 1.82) is 0 Å². The molecule has 0 amide bonds. The number of aromatic nitrogens is 3. The van der Waals surface area contributed by atoms with Gasteiger partial charge in [-0.05, 0) is 6.07 Å². The maximum atomic E-state index is 11.3. The van der Waals surface area contributed by atoms with Crippen LogP contribution < -0.4 is 17.0 Å². The Morgan fingerprint density at radius 2 is 2.40 bits per heavy atom. The Kier molecular flexibility index (Phi) is 2.75. The highest BCUT2D eigenvalue weighted by molar-refractivity contribution is 7.15. The summed E-state index contributed by atoms with van der Waals surface area (Å²) in [6.07, 6.45) is 4.84. The first kappa shape index (κ1) is 9.81. The molecule has 2 heterocycles. The Hall–Kier alpha value is -1.73. The molecular formula is C8H9N5OS. The zero-order valence-electron chi connectivity index (χ0n) is 7.75. The number of nitrogens with two attached hydrogens (primary N) is 1. The average molecular weight is 223 g/mol. The lowest BCUT2D eigenvalue weighted by Gasteiger charge is -1.99. The number of hydrazine groups is 1. The Balaban J connectivity index is 2.22. The predicted octanol–water partition coefficient (Wildman–Crippen LogP) is 0.0337. The van der Waals surface area contributed by atoms with Crippen molar-refractivity contribution in [3.8, 4) is 0 Å². The number of rotatable bonds is 3. The highest BCUT2D eigenvalue weighted by atomic mass is 32.1. The second-order valence-electron chi connectivity index (χ2n) is 2.81. The molecule has 0 fully saturated rings. The molecule has 0 unspecified atom stereocenters. The number of anilines is 1. The summed E-state index contributed by atoms with van der Waals surface area (Å²) in [6.45, 7) is 0.464. The van der Waals surface area contributed by atoms with Crippen molar-refractivity contribution < 1.29 is 0 Å². The zero-order chi connectivity index (χ0) is 10.7. The van der Waals surface area contributed by atoms with Gasteiger partial charge >= 0.3 is 5.69 Å². The van der Waals surface area contributed by atoms with Crippen molar-refractivity contribution in [2.75, 3.05) is 5.43 Å². The number of nitrogens with zero attached hydrogens (tertiary/aromatic N) is 3. The fourth-order valence-corrected chi connectivity index (χ4v) is 1.84. The Bertz CT molecular complexity index is 505. The summed E-state index contributed by atoms with van der Waals surface area (Å²) in [5, 5.41) is 0.627.